The number of carboxylic acids is 1. The number of carbonyl (C=O) groups is 2. The number of hydrogen-bond donors (Lipinski definition) is 2. The van der Waals surface area contributed by atoms with Crippen LogP contribution in [0.25, 0.3) is 0 Å². The van der Waals surface area contributed by atoms with Crippen LogP contribution in [0.4, 0.5) is 0 Å². The van der Waals surface area contributed by atoms with Gasteiger partial charge in [0.2, 0.25) is 0 Å². The first kappa shape index (κ1) is 14.6. The average molecular weight is 315 g/mol. The molecule has 0 fully saturated rings. The van der Waals surface area contributed by atoms with E-state index < -0.39 is 17.9 Å². The van der Waals surface area contributed by atoms with Crippen LogP contribution in [0, 0.1) is 5.92 Å². The molecule has 1 rings (SSSR count). The summed E-state index contributed by atoms with van der Waals surface area (Å²) in [5.74, 6) is -1.67. The van der Waals surface area contributed by atoms with Crippen molar-refractivity contribution in [1.29, 1.82) is 0 Å². The van der Waals surface area contributed by atoms with Crippen LogP contribution in [-0.4, -0.2) is 28.0 Å². The molecule has 0 aliphatic carbocycles. The van der Waals surface area contributed by atoms with E-state index in [1.54, 1.807) is 19.1 Å². The van der Waals surface area contributed by atoms with Crippen LogP contribution in [0.3, 0.4) is 0 Å². The summed E-state index contributed by atoms with van der Waals surface area (Å²) in [5, 5.41) is 11.6. The minimum atomic E-state index is -1.04. The highest BCUT2D eigenvalue weighted by Crippen LogP contribution is 2.14. The lowest BCUT2D eigenvalue weighted by atomic mass is 9.99. The number of amides is 1. The van der Waals surface area contributed by atoms with E-state index >= 15 is 0 Å². The quantitative estimate of drug-likeness (QED) is 0.872. The second-order valence-corrected chi connectivity index (χ2v) is 4.86. The third-order valence-electron chi connectivity index (χ3n) is 2.74. The third-order valence-corrected chi connectivity index (χ3v) is 3.38. The SMILES string of the molecule is CC[C@H](C)[C@H](NC(=O)c1ncccc1Br)C(=O)O. The molecule has 18 heavy (non-hydrogen) atoms. The van der Waals surface area contributed by atoms with Crippen molar-refractivity contribution >= 4 is 27.8 Å². The Morgan fingerprint density at radius 3 is 2.72 bits per heavy atom. The normalized spacial score (nSPS) is 13.7. The smallest absolute Gasteiger partial charge is 0.326 e. The van der Waals surface area contributed by atoms with Gasteiger partial charge >= 0.3 is 5.97 Å². The molecule has 1 aromatic rings. The standard InChI is InChI=1S/C12H15BrN2O3/c1-3-7(2)9(12(17)18)15-11(16)10-8(13)5-4-6-14-10/h4-7,9H,3H2,1-2H3,(H,15,16)(H,17,18)/t7-,9-/m0/s1. The molecule has 0 bridgehead atoms. The molecule has 0 aromatic carbocycles. The molecule has 5 nitrogen and oxygen atoms in total. The highest BCUT2D eigenvalue weighted by atomic mass is 79.9. The number of aromatic nitrogens is 1. The Hall–Kier alpha value is -1.43. The van der Waals surface area contributed by atoms with E-state index in [1.807, 2.05) is 6.92 Å². The van der Waals surface area contributed by atoms with Crippen LogP contribution in [0.2, 0.25) is 0 Å². The second-order valence-electron chi connectivity index (χ2n) is 4.01. The Kier molecular flexibility index (Phi) is 5.27. The van der Waals surface area contributed by atoms with Gasteiger partial charge in [-0.05, 0) is 34.0 Å². The van der Waals surface area contributed by atoms with E-state index in [0.717, 1.165) is 0 Å². The fourth-order valence-corrected chi connectivity index (χ4v) is 1.88. The lowest BCUT2D eigenvalue weighted by molar-refractivity contribution is -0.140. The van der Waals surface area contributed by atoms with Crippen LogP contribution < -0.4 is 5.32 Å². The van der Waals surface area contributed by atoms with Gasteiger partial charge in [0.25, 0.3) is 5.91 Å². The monoisotopic (exact) mass is 314 g/mol. The molecule has 0 aliphatic heterocycles. The molecule has 2 N–H and O–H groups in total. The van der Waals surface area contributed by atoms with E-state index in [9.17, 15) is 9.59 Å². The molecule has 0 spiro atoms. The van der Waals surface area contributed by atoms with Crippen molar-refractivity contribution in [3.8, 4) is 0 Å². The van der Waals surface area contributed by atoms with Gasteiger partial charge in [0, 0.05) is 10.7 Å². The Bertz CT molecular complexity index is 451. The molecular formula is C12H15BrN2O3. The summed E-state index contributed by atoms with van der Waals surface area (Å²) >= 11 is 3.21. The third kappa shape index (κ3) is 3.53. The first-order valence-corrected chi connectivity index (χ1v) is 6.40. The molecule has 1 heterocycles. The fraction of sp³-hybridized carbons (Fsp3) is 0.417. The number of nitrogens with one attached hydrogen (secondary N) is 1. The lowest BCUT2D eigenvalue weighted by Crippen LogP contribution is -2.45. The predicted octanol–water partition coefficient (Wildman–Crippen LogP) is 2.07. The molecule has 0 saturated carbocycles. The molecule has 0 radical (unpaired) electrons. The van der Waals surface area contributed by atoms with Gasteiger partial charge in [0.15, 0.2) is 0 Å². The minimum Gasteiger partial charge on any atom is -0.480 e. The van der Waals surface area contributed by atoms with E-state index in [0.29, 0.717) is 10.9 Å². The average Bonchev–Trinajstić information content (AvgIpc) is 2.35. The van der Waals surface area contributed by atoms with Crippen molar-refractivity contribution in [1.82, 2.24) is 10.3 Å². The zero-order valence-corrected chi connectivity index (χ0v) is 11.8. The van der Waals surface area contributed by atoms with E-state index in [2.05, 4.69) is 26.2 Å². The number of carbonyl (C=O) groups excluding carboxylic acids is 1. The molecule has 0 saturated heterocycles. The van der Waals surface area contributed by atoms with Gasteiger partial charge < -0.3 is 10.4 Å². The van der Waals surface area contributed by atoms with Crippen molar-refractivity contribution in [2.45, 2.75) is 26.3 Å². The number of aliphatic carboxylic acids is 1. The Morgan fingerprint density at radius 1 is 1.56 bits per heavy atom. The van der Waals surface area contributed by atoms with Crippen LogP contribution in [0.15, 0.2) is 22.8 Å². The molecule has 0 unspecified atom stereocenters. The number of rotatable bonds is 5. The fourth-order valence-electron chi connectivity index (χ4n) is 1.45. The van der Waals surface area contributed by atoms with Crippen LogP contribution >= 0.6 is 15.9 Å². The van der Waals surface area contributed by atoms with Gasteiger partial charge in [-0.25, -0.2) is 9.78 Å². The maximum atomic E-state index is 11.9. The van der Waals surface area contributed by atoms with E-state index in [4.69, 9.17) is 5.11 Å². The maximum Gasteiger partial charge on any atom is 0.326 e. The maximum absolute atomic E-state index is 11.9. The summed E-state index contributed by atoms with van der Waals surface area (Å²) in [6.45, 7) is 3.66. The first-order valence-electron chi connectivity index (χ1n) is 5.61. The summed E-state index contributed by atoms with van der Waals surface area (Å²) < 4.78 is 0.538. The van der Waals surface area contributed by atoms with Crippen molar-refractivity contribution in [3.05, 3.63) is 28.5 Å². The molecule has 98 valence electrons. The summed E-state index contributed by atoms with van der Waals surface area (Å²) in [6.07, 6.45) is 2.15. The molecule has 2 atom stereocenters. The largest absolute Gasteiger partial charge is 0.480 e. The summed E-state index contributed by atoms with van der Waals surface area (Å²) in [5.41, 5.74) is 0.187. The highest BCUT2D eigenvalue weighted by Gasteiger charge is 2.26. The first-order chi connectivity index (χ1) is 8.47. The minimum absolute atomic E-state index is 0.145. The Balaban J connectivity index is 2.86. The van der Waals surface area contributed by atoms with Gasteiger partial charge in [-0.15, -0.1) is 0 Å². The molecule has 1 aromatic heterocycles. The number of carboxylic acid groups (broad SMARTS) is 1. The molecule has 6 heteroatoms. The number of halogens is 1. The van der Waals surface area contributed by atoms with Gasteiger partial charge in [-0.3, -0.25) is 4.79 Å². The lowest BCUT2D eigenvalue weighted by Gasteiger charge is -2.20. The van der Waals surface area contributed by atoms with Gasteiger partial charge in [0.1, 0.15) is 11.7 Å². The summed E-state index contributed by atoms with van der Waals surface area (Å²) in [7, 11) is 0. The second kappa shape index (κ2) is 6.49. The van der Waals surface area contributed by atoms with Gasteiger partial charge in [-0.2, -0.15) is 0 Å². The van der Waals surface area contributed by atoms with Crippen molar-refractivity contribution < 1.29 is 14.7 Å². The Labute approximate surface area is 114 Å². The van der Waals surface area contributed by atoms with Crippen LogP contribution in [0.1, 0.15) is 30.8 Å². The van der Waals surface area contributed by atoms with Crippen LogP contribution in [-0.2, 0) is 4.79 Å². The van der Waals surface area contributed by atoms with Crippen molar-refractivity contribution in [2.24, 2.45) is 5.92 Å². The van der Waals surface area contributed by atoms with Gasteiger partial charge in [-0.1, -0.05) is 20.3 Å². The molecule has 0 aliphatic rings. The van der Waals surface area contributed by atoms with Crippen molar-refractivity contribution in [2.75, 3.05) is 0 Å². The predicted molar refractivity (Wildman–Crippen MR) is 70.3 cm³/mol. The van der Waals surface area contributed by atoms with E-state index in [1.165, 1.54) is 6.20 Å². The number of hydrogen-bond acceptors (Lipinski definition) is 3. The number of nitrogens with zero attached hydrogens (tertiary/aromatic N) is 1. The Morgan fingerprint density at radius 2 is 2.22 bits per heavy atom. The zero-order chi connectivity index (χ0) is 13.7. The van der Waals surface area contributed by atoms with Crippen LogP contribution in [0.5, 0.6) is 0 Å². The van der Waals surface area contributed by atoms with E-state index in [-0.39, 0.29) is 11.6 Å². The number of pyridine rings is 1. The highest BCUT2D eigenvalue weighted by molar-refractivity contribution is 9.10. The zero-order valence-electron chi connectivity index (χ0n) is 10.2. The summed E-state index contributed by atoms with van der Waals surface area (Å²) in [4.78, 5) is 27.0. The summed E-state index contributed by atoms with van der Waals surface area (Å²) in [6, 6.07) is 2.46. The topological polar surface area (TPSA) is 79.3 Å². The molecule has 1 amide bonds. The van der Waals surface area contributed by atoms with Crippen molar-refractivity contribution in [3.63, 3.8) is 0 Å². The molecular weight excluding hydrogens is 300 g/mol. The van der Waals surface area contributed by atoms with Gasteiger partial charge in [0.05, 0.1) is 0 Å².